The van der Waals surface area contributed by atoms with Crippen LogP contribution in [-0.2, 0) is 13.1 Å². The van der Waals surface area contributed by atoms with E-state index in [2.05, 4.69) is 52.5 Å². The van der Waals surface area contributed by atoms with Gasteiger partial charge in [0.15, 0.2) is 0 Å². The molecule has 2 heterocycles. The smallest absolute Gasteiger partial charge is 0.0898 e. The highest BCUT2D eigenvalue weighted by molar-refractivity contribution is 7.09. The molecule has 1 N–H and O–H groups in total. The van der Waals surface area contributed by atoms with Crippen LogP contribution in [0.5, 0.6) is 0 Å². The van der Waals surface area contributed by atoms with Gasteiger partial charge in [-0.1, -0.05) is 13.8 Å². The van der Waals surface area contributed by atoms with Crippen molar-refractivity contribution in [2.24, 2.45) is 0 Å². The molecule has 0 radical (unpaired) electrons. The molecule has 2 aromatic heterocycles. The molecule has 0 aliphatic heterocycles. The van der Waals surface area contributed by atoms with Gasteiger partial charge in [0.25, 0.3) is 0 Å². The number of pyridine rings is 1. The summed E-state index contributed by atoms with van der Waals surface area (Å²) in [6.45, 7) is 7.94. The third-order valence-corrected chi connectivity index (χ3v) is 3.82. The molecule has 4 nitrogen and oxygen atoms in total. The Morgan fingerprint density at radius 3 is 2.80 bits per heavy atom. The molecule has 2 aromatic rings. The van der Waals surface area contributed by atoms with Crippen molar-refractivity contribution in [1.29, 1.82) is 0 Å². The molecule has 0 fully saturated rings. The minimum absolute atomic E-state index is 0.469. The Labute approximate surface area is 124 Å². The van der Waals surface area contributed by atoms with Gasteiger partial charge < -0.3 is 10.2 Å². The molecule has 0 atom stereocenters. The lowest BCUT2D eigenvalue weighted by Crippen LogP contribution is -2.23. The van der Waals surface area contributed by atoms with Gasteiger partial charge in [-0.05, 0) is 19.1 Å². The number of aryl methyl sites for hydroxylation is 1. The zero-order valence-corrected chi connectivity index (χ0v) is 13.4. The number of hydrogen-bond donors (Lipinski definition) is 1. The summed E-state index contributed by atoms with van der Waals surface area (Å²) < 4.78 is 0. The summed E-state index contributed by atoms with van der Waals surface area (Å²) in [4.78, 5) is 11.1. The van der Waals surface area contributed by atoms with Gasteiger partial charge in [-0.25, -0.2) is 4.98 Å². The first kappa shape index (κ1) is 14.9. The second-order valence-corrected chi connectivity index (χ2v) is 6.32. The molecular weight excluding hydrogens is 268 g/mol. The predicted molar refractivity (Wildman–Crippen MR) is 85.2 cm³/mol. The van der Waals surface area contributed by atoms with Gasteiger partial charge in [0.2, 0.25) is 0 Å². The number of rotatable bonds is 6. The van der Waals surface area contributed by atoms with Crippen LogP contribution in [0.15, 0.2) is 23.7 Å². The second kappa shape index (κ2) is 6.81. The normalized spacial score (nSPS) is 11.1. The first-order valence-corrected chi connectivity index (χ1v) is 7.73. The predicted octanol–water partition coefficient (Wildman–Crippen LogP) is 2.98. The maximum Gasteiger partial charge on any atom is 0.0898 e. The molecule has 5 heteroatoms. The number of hydrogen-bond acceptors (Lipinski definition) is 5. The number of thiazole rings is 1. The van der Waals surface area contributed by atoms with Crippen LogP contribution in [0.1, 0.15) is 30.2 Å². The molecule has 0 aliphatic carbocycles. The Hall–Kier alpha value is -1.46. The van der Waals surface area contributed by atoms with E-state index in [1.54, 1.807) is 11.3 Å². The average molecular weight is 290 g/mol. The van der Waals surface area contributed by atoms with Crippen LogP contribution < -0.4 is 10.2 Å². The first-order valence-electron chi connectivity index (χ1n) is 6.85. The van der Waals surface area contributed by atoms with Crippen molar-refractivity contribution in [3.8, 4) is 0 Å². The summed E-state index contributed by atoms with van der Waals surface area (Å²) in [5.41, 5.74) is 3.36. The van der Waals surface area contributed by atoms with Crippen molar-refractivity contribution in [3.63, 3.8) is 0 Å². The molecule has 2 rings (SSSR count). The van der Waals surface area contributed by atoms with E-state index in [-0.39, 0.29) is 0 Å². The fraction of sp³-hybridized carbons (Fsp3) is 0.467. The number of aromatic nitrogens is 2. The van der Waals surface area contributed by atoms with E-state index in [1.165, 1.54) is 5.69 Å². The monoisotopic (exact) mass is 290 g/mol. The molecule has 0 saturated heterocycles. The molecule has 0 aromatic carbocycles. The lowest BCUT2D eigenvalue weighted by molar-refractivity contribution is 0.581. The fourth-order valence-electron chi connectivity index (χ4n) is 1.92. The van der Waals surface area contributed by atoms with Gasteiger partial charge >= 0.3 is 0 Å². The Balaban J connectivity index is 2.02. The highest BCUT2D eigenvalue weighted by atomic mass is 32.1. The third kappa shape index (κ3) is 4.28. The Morgan fingerprint density at radius 1 is 1.35 bits per heavy atom. The van der Waals surface area contributed by atoms with Crippen LogP contribution in [0.4, 0.5) is 5.69 Å². The minimum atomic E-state index is 0.469. The molecule has 0 saturated carbocycles. The van der Waals surface area contributed by atoms with Gasteiger partial charge in [-0.2, -0.15) is 0 Å². The van der Waals surface area contributed by atoms with Crippen molar-refractivity contribution in [2.75, 3.05) is 11.9 Å². The van der Waals surface area contributed by atoms with Crippen LogP contribution in [0.2, 0.25) is 0 Å². The summed E-state index contributed by atoms with van der Waals surface area (Å²) >= 11 is 1.70. The molecule has 0 unspecified atom stereocenters. The number of anilines is 1. The van der Waals surface area contributed by atoms with E-state index in [1.807, 2.05) is 19.2 Å². The minimum Gasteiger partial charge on any atom is -0.369 e. The number of nitrogens with zero attached hydrogens (tertiary/aromatic N) is 3. The summed E-state index contributed by atoms with van der Waals surface area (Å²) in [6.07, 6.45) is 1.87. The van der Waals surface area contributed by atoms with Crippen molar-refractivity contribution >= 4 is 17.0 Å². The van der Waals surface area contributed by atoms with E-state index >= 15 is 0 Å². The molecule has 0 bridgehead atoms. The SMILES string of the molecule is Cc1nc(CN(C)c2ccnc(CNC(C)C)c2)cs1. The highest BCUT2D eigenvalue weighted by Gasteiger charge is 2.06. The Kier molecular flexibility index (Phi) is 5.09. The summed E-state index contributed by atoms with van der Waals surface area (Å²) in [7, 11) is 2.09. The first-order chi connectivity index (χ1) is 9.54. The van der Waals surface area contributed by atoms with Crippen LogP contribution in [0, 0.1) is 6.92 Å². The van der Waals surface area contributed by atoms with Crippen LogP contribution in [0.25, 0.3) is 0 Å². The Morgan fingerprint density at radius 2 is 2.15 bits per heavy atom. The summed E-state index contributed by atoms with van der Waals surface area (Å²) in [6, 6.07) is 4.64. The van der Waals surface area contributed by atoms with Gasteiger partial charge in [0.05, 0.1) is 22.9 Å². The van der Waals surface area contributed by atoms with Crippen molar-refractivity contribution in [2.45, 2.75) is 39.9 Å². The van der Waals surface area contributed by atoms with Crippen LogP contribution in [-0.4, -0.2) is 23.1 Å². The zero-order valence-electron chi connectivity index (χ0n) is 12.6. The van der Waals surface area contributed by atoms with Gasteiger partial charge in [0.1, 0.15) is 0 Å². The van der Waals surface area contributed by atoms with E-state index in [4.69, 9.17) is 0 Å². The van der Waals surface area contributed by atoms with Crippen molar-refractivity contribution < 1.29 is 0 Å². The van der Waals surface area contributed by atoms with Gasteiger partial charge in [0, 0.05) is 36.9 Å². The Bertz CT molecular complexity index is 550. The molecule has 0 amide bonds. The molecule has 0 spiro atoms. The quantitative estimate of drug-likeness (QED) is 0.888. The van der Waals surface area contributed by atoms with E-state index in [9.17, 15) is 0 Å². The van der Waals surface area contributed by atoms with Gasteiger partial charge in [-0.15, -0.1) is 11.3 Å². The van der Waals surface area contributed by atoms with E-state index in [0.717, 1.165) is 29.5 Å². The molecule has 108 valence electrons. The van der Waals surface area contributed by atoms with Crippen molar-refractivity contribution in [1.82, 2.24) is 15.3 Å². The fourth-order valence-corrected chi connectivity index (χ4v) is 2.53. The summed E-state index contributed by atoms with van der Waals surface area (Å²) in [5, 5.41) is 6.62. The largest absolute Gasteiger partial charge is 0.369 e. The maximum absolute atomic E-state index is 4.51. The maximum atomic E-state index is 4.51. The molecule has 20 heavy (non-hydrogen) atoms. The molecule has 0 aliphatic rings. The average Bonchev–Trinajstić information content (AvgIpc) is 2.82. The highest BCUT2D eigenvalue weighted by Crippen LogP contribution is 2.17. The van der Waals surface area contributed by atoms with E-state index in [0.29, 0.717) is 6.04 Å². The van der Waals surface area contributed by atoms with Crippen molar-refractivity contribution in [3.05, 3.63) is 40.1 Å². The van der Waals surface area contributed by atoms with Crippen LogP contribution >= 0.6 is 11.3 Å². The lowest BCUT2D eigenvalue weighted by Gasteiger charge is -2.19. The van der Waals surface area contributed by atoms with Gasteiger partial charge in [-0.3, -0.25) is 4.98 Å². The topological polar surface area (TPSA) is 41.1 Å². The number of nitrogens with one attached hydrogen (secondary N) is 1. The standard InChI is InChI=1S/C15H22N4S/c1-11(2)17-8-13-7-15(5-6-16-13)19(4)9-14-10-20-12(3)18-14/h5-7,10-11,17H,8-9H2,1-4H3. The van der Waals surface area contributed by atoms with E-state index < -0.39 is 0 Å². The molecular formula is C15H22N4S. The zero-order chi connectivity index (χ0) is 14.5. The lowest BCUT2D eigenvalue weighted by atomic mass is 10.2. The second-order valence-electron chi connectivity index (χ2n) is 5.25. The third-order valence-electron chi connectivity index (χ3n) is 3.00. The van der Waals surface area contributed by atoms with Crippen LogP contribution in [0.3, 0.4) is 0 Å². The summed E-state index contributed by atoms with van der Waals surface area (Å²) in [5.74, 6) is 0.